The van der Waals surface area contributed by atoms with E-state index >= 15 is 0 Å². The number of pyridine rings is 1. The maximum Gasteiger partial charge on any atom is 0.164 e. The Morgan fingerprint density at radius 3 is 1.50 bits per heavy atom. The Morgan fingerprint density at radius 1 is 0.309 bits per heavy atom. The number of hydrogen-bond acceptors (Lipinski definition) is 5. The van der Waals surface area contributed by atoms with Crippen molar-refractivity contribution in [2.75, 3.05) is 0 Å². The summed E-state index contributed by atoms with van der Waals surface area (Å²) in [7, 11) is 0. The quantitative estimate of drug-likeness (QED) is 0.166. The van der Waals surface area contributed by atoms with Crippen molar-refractivity contribution in [1.82, 2.24) is 24.5 Å². The molecule has 4 heterocycles. The number of fused-ring (bicyclic) bond motifs is 10. The molecule has 0 aliphatic heterocycles. The first kappa shape index (κ1) is 38.1. The molecule has 0 fully saturated rings. The van der Waals surface area contributed by atoms with Crippen LogP contribution in [0.2, 0.25) is 0 Å². The van der Waals surface area contributed by atoms with Crippen LogP contribution in [0.4, 0.5) is 0 Å². The van der Waals surface area contributed by atoms with Gasteiger partial charge in [0.05, 0.1) is 33.3 Å². The van der Waals surface area contributed by atoms with Gasteiger partial charge in [-0.05, 0) is 69.8 Å². The number of benzene rings is 10. The monoisotopic (exact) mass is 867 g/mol. The summed E-state index contributed by atoms with van der Waals surface area (Å²) in [6.07, 6.45) is 0. The van der Waals surface area contributed by atoms with Gasteiger partial charge in [-0.15, -0.1) is 0 Å². The van der Waals surface area contributed by atoms with Crippen molar-refractivity contribution in [1.29, 1.82) is 0 Å². The van der Waals surface area contributed by atoms with Crippen molar-refractivity contribution in [3.8, 4) is 62.2 Å². The Kier molecular flexibility index (Phi) is 8.48. The molecule has 6 nitrogen and oxygen atoms in total. The van der Waals surface area contributed by atoms with Gasteiger partial charge in [0.2, 0.25) is 0 Å². The first-order valence-electron chi connectivity index (χ1n) is 22.9. The van der Waals surface area contributed by atoms with Gasteiger partial charge in [0.1, 0.15) is 11.2 Å². The minimum absolute atomic E-state index is 0.606. The molecule has 14 rings (SSSR count). The Morgan fingerprint density at radius 2 is 0.794 bits per heavy atom. The van der Waals surface area contributed by atoms with Gasteiger partial charge in [-0.25, -0.2) is 19.9 Å². The highest BCUT2D eigenvalue weighted by atomic mass is 16.3. The normalized spacial score (nSPS) is 11.8. The van der Waals surface area contributed by atoms with Gasteiger partial charge < -0.3 is 8.98 Å². The van der Waals surface area contributed by atoms with Gasteiger partial charge in [0.25, 0.3) is 0 Å². The zero-order valence-corrected chi connectivity index (χ0v) is 36.5. The molecular formula is C62H37N5O. The van der Waals surface area contributed by atoms with Crippen molar-refractivity contribution in [2.45, 2.75) is 0 Å². The second kappa shape index (κ2) is 15.2. The molecule has 68 heavy (non-hydrogen) atoms. The molecule has 0 amide bonds. The van der Waals surface area contributed by atoms with Gasteiger partial charge in [-0.3, -0.25) is 0 Å². The van der Waals surface area contributed by atoms with E-state index < -0.39 is 0 Å². The van der Waals surface area contributed by atoms with Gasteiger partial charge in [-0.1, -0.05) is 182 Å². The lowest BCUT2D eigenvalue weighted by Gasteiger charge is -2.15. The highest BCUT2D eigenvalue weighted by Gasteiger charge is 2.22. The molecule has 0 bridgehead atoms. The molecule has 14 aromatic rings. The van der Waals surface area contributed by atoms with Crippen molar-refractivity contribution in [3.05, 3.63) is 224 Å². The van der Waals surface area contributed by atoms with Gasteiger partial charge in [0.15, 0.2) is 17.5 Å². The van der Waals surface area contributed by atoms with Crippen LogP contribution in [0, 0.1) is 0 Å². The summed E-state index contributed by atoms with van der Waals surface area (Å²) in [6, 6.07) is 78.5. The lowest BCUT2D eigenvalue weighted by molar-refractivity contribution is 0.672. The Hall–Kier alpha value is -9.26. The third kappa shape index (κ3) is 5.91. The van der Waals surface area contributed by atoms with E-state index in [0.717, 1.165) is 99.1 Å². The van der Waals surface area contributed by atoms with Crippen LogP contribution in [0.15, 0.2) is 229 Å². The van der Waals surface area contributed by atoms with Crippen molar-refractivity contribution >= 4 is 76.2 Å². The molecule has 0 N–H and O–H groups in total. The van der Waals surface area contributed by atoms with E-state index in [2.05, 4.69) is 187 Å². The third-order valence-corrected chi connectivity index (χ3v) is 13.5. The maximum atomic E-state index is 6.55. The van der Waals surface area contributed by atoms with Crippen LogP contribution in [0.3, 0.4) is 0 Å². The summed E-state index contributed by atoms with van der Waals surface area (Å²) in [6.45, 7) is 0. The van der Waals surface area contributed by atoms with Crippen LogP contribution in [-0.2, 0) is 0 Å². The minimum Gasteiger partial charge on any atom is -0.455 e. The number of nitrogens with zero attached hydrogens (tertiary/aromatic N) is 5. The first-order chi connectivity index (χ1) is 33.7. The molecule has 0 saturated heterocycles. The smallest absolute Gasteiger partial charge is 0.164 e. The number of furan rings is 1. The average Bonchev–Trinajstić information content (AvgIpc) is 3.97. The highest BCUT2D eigenvalue weighted by molar-refractivity contribution is 6.21. The first-order valence-corrected chi connectivity index (χ1v) is 22.9. The Labute approximate surface area is 390 Å². The second-order valence-corrected chi connectivity index (χ2v) is 17.3. The molecule has 316 valence electrons. The number of hydrogen-bond donors (Lipinski definition) is 0. The topological polar surface area (TPSA) is 69.6 Å². The minimum atomic E-state index is 0.606. The summed E-state index contributed by atoms with van der Waals surface area (Å²) in [5.74, 6) is 1.84. The Balaban J connectivity index is 0.894. The molecule has 0 spiro atoms. The molecule has 0 radical (unpaired) electrons. The van der Waals surface area contributed by atoms with E-state index in [1.165, 1.54) is 21.8 Å². The summed E-state index contributed by atoms with van der Waals surface area (Å²) in [5, 5.41) is 9.98. The Bertz CT molecular complexity index is 4270. The molecule has 0 saturated carbocycles. The van der Waals surface area contributed by atoms with Crippen molar-refractivity contribution < 1.29 is 4.42 Å². The van der Waals surface area contributed by atoms with Gasteiger partial charge >= 0.3 is 0 Å². The molecule has 0 unspecified atom stereocenters. The molecule has 10 aromatic carbocycles. The molecule has 0 aliphatic carbocycles. The predicted molar refractivity (Wildman–Crippen MR) is 279 cm³/mol. The maximum absolute atomic E-state index is 6.55. The van der Waals surface area contributed by atoms with Crippen LogP contribution in [0.25, 0.3) is 138 Å². The molecule has 0 atom stereocenters. The fraction of sp³-hybridized carbons (Fsp3) is 0. The summed E-state index contributed by atoms with van der Waals surface area (Å²) in [4.78, 5) is 20.9. The predicted octanol–water partition coefficient (Wildman–Crippen LogP) is 16.1. The van der Waals surface area contributed by atoms with Crippen molar-refractivity contribution in [2.24, 2.45) is 0 Å². The van der Waals surface area contributed by atoms with E-state index in [4.69, 9.17) is 24.4 Å². The lowest BCUT2D eigenvalue weighted by atomic mass is 9.92. The fourth-order valence-electron chi connectivity index (χ4n) is 10.4. The van der Waals surface area contributed by atoms with Crippen LogP contribution < -0.4 is 0 Å². The number of aromatic nitrogens is 5. The van der Waals surface area contributed by atoms with E-state index in [9.17, 15) is 0 Å². The second-order valence-electron chi connectivity index (χ2n) is 17.3. The van der Waals surface area contributed by atoms with E-state index in [-0.39, 0.29) is 0 Å². The van der Waals surface area contributed by atoms with Crippen LogP contribution in [0.5, 0.6) is 0 Å². The fourth-order valence-corrected chi connectivity index (χ4v) is 10.4. The summed E-state index contributed by atoms with van der Waals surface area (Å²) in [5.41, 5.74) is 13.0. The van der Waals surface area contributed by atoms with Crippen LogP contribution in [-0.4, -0.2) is 24.5 Å². The molecule has 6 heteroatoms. The lowest BCUT2D eigenvalue weighted by Crippen LogP contribution is -2.01. The van der Waals surface area contributed by atoms with E-state index in [1.54, 1.807) is 0 Å². The van der Waals surface area contributed by atoms with Gasteiger partial charge in [0, 0.05) is 49.2 Å². The standard InChI is InChI=1S/C62H37N5O/c1-2-16-39(17-3-1)60-64-61(66-62(65-60)49-36-37-55(45-21-7-6-20-44(45)49)67-53-27-13-9-22-46(53)47-23-10-14-28-54(47)67)40-32-30-38(31-33-40)41-34-35-48(43-19-5-4-18-42(41)43)58-57-51-25-11-15-29-56(51)68-59(57)50-24-8-12-26-52(50)63-58/h1-37H. The average molecular weight is 868 g/mol. The van der Waals surface area contributed by atoms with Crippen LogP contribution >= 0.6 is 0 Å². The van der Waals surface area contributed by atoms with Crippen LogP contribution in [0.1, 0.15) is 0 Å². The zero-order valence-electron chi connectivity index (χ0n) is 36.5. The molecule has 0 aliphatic rings. The van der Waals surface area contributed by atoms with E-state index in [0.29, 0.717) is 17.5 Å². The van der Waals surface area contributed by atoms with Gasteiger partial charge in [-0.2, -0.15) is 0 Å². The van der Waals surface area contributed by atoms with E-state index in [1.807, 2.05) is 42.5 Å². The SMILES string of the molecule is c1ccc(-c2nc(-c3ccc(-c4ccc(-c5nc6ccccc6c6oc7ccccc7c56)c5ccccc45)cc3)nc(-c3ccc(-n4c5ccccc5c5ccccc54)c4ccccc34)n2)cc1. The van der Waals surface area contributed by atoms with Crippen molar-refractivity contribution in [3.63, 3.8) is 0 Å². The highest BCUT2D eigenvalue weighted by Crippen LogP contribution is 2.44. The number of rotatable bonds is 6. The third-order valence-electron chi connectivity index (χ3n) is 13.5. The number of para-hydroxylation sites is 4. The molecule has 4 aromatic heterocycles. The zero-order chi connectivity index (χ0) is 44.7. The largest absolute Gasteiger partial charge is 0.455 e. The summed E-state index contributed by atoms with van der Waals surface area (Å²) < 4.78 is 8.93. The summed E-state index contributed by atoms with van der Waals surface area (Å²) >= 11 is 0. The molecular weight excluding hydrogens is 831 g/mol.